The first-order chi connectivity index (χ1) is 10.2. The van der Waals surface area contributed by atoms with Crippen LogP contribution in [0.2, 0.25) is 4.34 Å². The summed E-state index contributed by atoms with van der Waals surface area (Å²) in [6.45, 7) is 0.870. The Hall–Kier alpha value is -0.0900. The summed E-state index contributed by atoms with van der Waals surface area (Å²) in [5.41, 5.74) is 1.43. The Labute approximate surface area is 135 Å². The van der Waals surface area contributed by atoms with Gasteiger partial charge in [-0.25, -0.2) is 0 Å². The minimum Gasteiger partial charge on any atom is -0.369 e. The van der Waals surface area contributed by atoms with Crippen LogP contribution in [0, 0.1) is 11.8 Å². The molecule has 1 aromatic heterocycles. The first-order valence-corrected chi connectivity index (χ1v) is 9.62. The van der Waals surface area contributed by atoms with Crippen LogP contribution in [0.5, 0.6) is 0 Å². The normalized spacial score (nSPS) is 39.5. The van der Waals surface area contributed by atoms with Gasteiger partial charge >= 0.3 is 0 Å². The highest BCUT2D eigenvalue weighted by molar-refractivity contribution is 7.16. The lowest BCUT2D eigenvalue weighted by Crippen LogP contribution is -2.55. The van der Waals surface area contributed by atoms with E-state index in [1.54, 1.807) is 11.3 Å². The predicted molar refractivity (Wildman–Crippen MR) is 86.1 cm³/mol. The molecule has 5 rings (SSSR count). The largest absolute Gasteiger partial charge is 0.369 e. The Morgan fingerprint density at radius 3 is 2.43 bits per heavy atom. The molecule has 1 aromatic rings. The van der Waals surface area contributed by atoms with E-state index in [1.807, 2.05) is 0 Å². The van der Waals surface area contributed by atoms with Crippen LogP contribution in [0.15, 0.2) is 6.07 Å². The van der Waals surface area contributed by atoms with Gasteiger partial charge in [0.15, 0.2) is 0 Å². The third kappa shape index (κ3) is 2.28. The Balaban J connectivity index is 1.53. The van der Waals surface area contributed by atoms with Crippen LogP contribution in [0.3, 0.4) is 0 Å². The van der Waals surface area contributed by atoms with Gasteiger partial charge in [0.25, 0.3) is 0 Å². The van der Waals surface area contributed by atoms with Crippen LogP contribution >= 0.6 is 22.9 Å². The average molecular weight is 324 g/mol. The van der Waals surface area contributed by atoms with E-state index in [0.717, 1.165) is 42.0 Å². The standard InChI is InChI=1S/C17H22ClNOS/c18-15-7-12-5-6-20-17(16(12)21-15)8-13(10-1-2-10)19-14(9-17)11-3-4-11/h7,10-11,13-14,19H,1-6,8-9H2. The minimum absolute atomic E-state index is 0.0306. The molecule has 1 spiro atoms. The Bertz CT molecular complexity index is 543. The number of thiophene rings is 1. The van der Waals surface area contributed by atoms with E-state index in [9.17, 15) is 0 Å². The summed E-state index contributed by atoms with van der Waals surface area (Å²) in [7, 11) is 0. The van der Waals surface area contributed by atoms with Crippen molar-refractivity contribution in [3.8, 4) is 0 Å². The summed E-state index contributed by atoms with van der Waals surface area (Å²) >= 11 is 8.10. The molecule has 2 atom stereocenters. The van der Waals surface area contributed by atoms with Crippen molar-refractivity contribution >= 4 is 22.9 Å². The van der Waals surface area contributed by atoms with Crippen molar-refractivity contribution in [2.75, 3.05) is 6.61 Å². The van der Waals surface area contributed by atoms with E-state index in [0.29, 0.717) is 12.1 Å². The molecule has 0 amide bonds. The van der Waals surface area contributed by atoms with Crippen molar-refractivity contribution < 1.29 is 4.74 Å². The van der Waals surface area contributed by atoms with E-state index in [4.69, 9.17) is 16.3 Å². The van der Waals surface area contributed by atoms with Crippen LogP contribution < -0.4 is 5.32 Å². The minimum atomic E-state index is -0.0306. The zero-order valence-electron chi connectivity index (χ0n) is 12.2. The fourth-order valence-corrected chi connectivity index (χ4v) is 5.94. The van der Waals surface area contributed by atoms with Crippen molar-refractivity contribution in [2.45, 2.75) is 62.6 Å². The molecular formula is C17H22ClNOS. The molecule has 1 saturated heterocycles. The number of hydrogen-bond donors (Lipinski definition) is 1. The third-order valence-electron chi connectivity index (χ3n) is 5.85. The molecule has 2 unspecified atom stereocenters. The lowest BCUT2D eigenvalue weighted by molar-refractivity contribution is -0.100. The highest BCUT2D eigenvalue weighted by atomic mass is 35.5. The lowest BCUT2D eigenvalue weighted by Gasteiger charge is -2.47. The van der Waals surface area contributed by atoms with Gasteiger partial charge in [0.05, 0.1) is 10.9 Å². The second kappa shape index (κ2) is 4.70. The summed E-state index contributed by atoms with van der Waals surface area (Å²) in [5, 5.41) is 3.98. The number of fused-ring (bicyclic) bond motifs is 2. The zero-order chi connectivity index (χ0) is 14.0. The Morgan fingerprint density at radius 1 is 1.14 bits per heavy atom. The molecular weight excluding hydrogens is 302 g/mol. The summed E-state index contributed by atoms with van der Waals surface area (Å²) in [6.07, 6.45) is 8.98. The van der Waals surface area contributed by atoms with Crippen molar-refractivity contribution in [3.63, 3.8) is 0 Å². The molecule has 3 fully saturated rings. The van der Waals surface area contributed by atoms with Gasteiger partial charge < -0.3 is 10.1 Å². The predicted octanol–water partition coefficient (Wildman–Crippen LogP) is 4.11. The molecule has 2 nitrogen and oxygen atoms in total. The monoisotopic (exact) mass is 323 g/mol. The second-order valence-corrected chi connectivity index (χ2v) is 9.14. The molecule has 2 saturated carbocycles. The number of halogens is 1. The highest BCUT2D eigenvalue weighted by Crippen LogP contribution is 2.53. The molecule has 2 aliphatic carbocycles. The van der Waals surface area contributed by atoms with E-state index < -0.39 is 0 Å². The van der Waals surface area contributed by atoms with E-state index >= 15 is 0 Å². The van der Waals surface area contributed by atoms with Gasteiger partial charge in [-0.15, -0.1) is 11.3 Å². The molecule has 21 heavy (non-hydrogen) atoms. The second-order valence-electron chi connectivity index (χ2n) is 7.46. The third-order valence-corrected chi connectivity index (χ3v) is 7.34. The molecule has 114 valence electrons. The number of hydrogen-bond acceptors (Lipinski definition) is 3. The van der Waals surface area contributed by atoms with Gasteiger partial charge in [0, 0.05) is 17.0 Å². The van der Waals surface area contributed by atoms with E-state index in [1.165, 1.54) is 36.1 Å². The summed E-state index contributed by atoms with van der Waals surface area (Å²) in [4.78, 5) is 1.46. The van der Waals surface area contributed by atoms with Crippen molar-refractivity contribution in [1.82, 2.24) is 5.32 Å². The van der Waals surface area contributed by atoms with Crippen LogP contribution in [-0.2, 0) is 16.8 Å². The van der Waals surface area contributed by atoms with Crippen LogP contribution in [-0.4, -0.2) is 18.7 Å². The maximum atomic E-state index is 6.47. The average Bonchev–Trinajstić information content (AvgIpc) is 3.36. The molecule has 3 heterocycles. The van der Waals surface area contributed by atoms with Crippen molar-refractivity contribution in [1.29, 1.82) is 0 Å². The van der Waals surface area contributed by atoms with Crippen LogP contribution in [0.25, 0.3) is 0 Å². The first-order valence-electron chi connectivity index (χ1n) is 8.42. The van der Waals surface area contributed by atoms with Crippen molar-refractivity contribution in [3.05, 3.63) is 20.8 Å². The van der Waals surface area contributed by atoms with Gasteiger partial charge in [-0.3, -0.25) is 0 Å². The lowest BCUT2D eigenvalue weighted by atomic mass is 9.77. The molecule has 2 aliphatic heterocycles. The van der Waals surface area contributed by atoms with E-state index in [-0.39, 0.29) is 5.60 Å². The highest BCUT2D eigenvalue weighted by Gasteiger charge is 2.52. The number of piperidine rings is 1. The summed E-state index contributed by atoms with van der Waals surface area (Å²) in [6, 6.07) is 3.51. The molecule has 1 N–H and O–H groups in total. The summed E-state index contributed by atoms with van der Waals surface area (Å²) in [5.74, 6) is 1.79. The number of nitrogens with one attached hydrogen (secondary N) is 1. The topological polar surface area (TPSA) is 21.3 Å². The Kier molecular flexibility index (Phi) is 2.99. The molecule has 0 radical (unpaired) electrons. The maximum absolute atomic E-state index is 6.47. The molecule has 4 aliphatic rings. The van der Waals surface area contributed by atoms with Crippen LogP contribution in [0.1, 0.15) is 49.0 Å². The number of ether oxygens (including phenoxy) is 1. The quantitative estimate of drug-likeness (QED) is 0.884. The van der Waals surface area contributed by atoms with Gasteiger partial charge in [-0.1, -0.05) is 11.6 Å². The molecule has 0 aromatic carbocycles. The smallest absolute Gasteiger partial charge is 0.106 e. The molecule has 4 heteroatoms. The van der Waals surface area contributed by atoms with E-state index in [2.05, 4.69) is 11.4 Å². The fourth-order valence-electron chi connectivity index (χ4n) is 4.48. The SMILES string of the molecule is Clc1cc2c(s1)C1(CC(C3CC3)NC(C3CC3)C1)OCC2. The summed E-state index contributed by atoms with van der Waals surface area (Å²) < 4.78 is 7.41. The maximum Gasteiger partial charge on any atom is 0.106 e. The number of rotatable bonds is 2. The first kappa shape index (κ1) is 13.4. The zero-order valence-corrected chi connectivity index (χ0v) is 13.8. The van der Waals surface area contributed by atoms with Crippen LogP contribution in [0.4, 0.5) is 0 Å². The van der Waals surface area contributed by atoms with Gasteiger partial charge in [0.2, 0.25) is 0 Å². The molecule has 0 bridgehead atoms. The van der Waals surface area contributed by atoms with Crippen molar-refractivity contribution in [2.24, 2.45) is 11.8 Å². The van der Waals surface area contributed by atoms with Gasteiger partial charge in [0.1, 0.15) is 5.60 Å². The fraction of sp³-hybridized carbons (Fsp3) is 0.765. The Morgan fingerprint density at radius 2 is 1.81 bits per heavy atom. The van der Waals surface area contributed by atoms with Gasteiger partial charge in [-0.2, -0.15) is 0 Å². The van der Waals surface area contributed by atoms with Gasteiger partial charge in [-0.05, 0) is 68.4 Å².